The Morgan fingerprint density at radius 1 is 1.28 bits per heavy atom. The monoisotopic (exact) mass is 346 g/mol. The number of aryl methyl sites for hydroxylation is 1. The molecular weight excluding hydrogens is 323 g/mol. The summed E-state index contributed by atoms with van der Waals surface area (Å²) in [7, 11) is 1.34. The summed E-state index contributed by atoms with van der Waals surface area (Å²) < 4.78 is 18.5. The molecule has 1 amide bonds. The normalized spacial score (nSPS) is 16.6. The second kappa shape index (κ2) is 6.86. The van der Waals surface area contributed by atoms with Crippen molar-refractivity contribution in [1.82, 2.24) is 10.3 Å². The van der Waals surface area contributed by atoms with Crippen LogP contribution in [0.15, 0.2) is 18.2 Å². The van der Waals surface area contributed by atoms with E-state index in [4.69, 9.17) is 4.74 Å². The molecule has 134 valence electrons. The molecular formula is C19H23FN2O3. The zero-order valence-corrected chi connectivity index (χ0v) is 14.6. The quantitative estimate of drug-likeness (QED) is 0.836. The van der Waals surface area contributed by atoms with Gasteiger partial charge in [-0.05, 0) is 43.5 Å². The van der Waals surface area contributed by atoms with Crippen molar-refractivity contribution in [2.75, 3.05) is 7.11 Å². The first-order valence-electron chi connectivity index (χ1n) is 8.61. The van der Waals surface area contributed by atoms with E-state index in [0.29, 0.717) is 18.2 Å². The van der Waals surface area contributed by atoms with Crippen LogP contribution >= 0.6 is 0 Å². The topological polar surface area (TPSA) is 71.2 Å². The number of fused-ring (bicyclic) bond motifs is 1. The summed E-state index contributed by atoms with van der Waals surface area (Å²) in [5.41, 5.74) is 1.44. The molecule has 0 atom stereocenters. The number of methoxy groups -OCH3 is 1. The van der Waals surface area contributed by atoms with Gasteiger partial charge in [-0.3, -0.25) is 4.79 Å². The van der Waals surface area contributed by atoms with Crippen molar-refractivity contribution in [3.63, 3.8) is 0 Å². The van der Waals surface area contributed by atoms with Crippen LogP contribution in [0, 0.1) is 12.7 Å². The van der Waals surface area contributed by atoms with E-state index in [9.17, 15) is 14.0 Å². The van der Waals surface area contributed by atoms with E-state index in [1.807, 2.05) is 6.92 Å². The molecule has 1 aliphatic carbocycles. The summed E-state index contributed by atoms with van der Waals surface area (Å²) in [6, 6.07) is 4.48. The summed E-state index contributed by atoms with van der Waals surface area (Å²) in [5.74, 6) is -0.978. The van der Waals surface area contributed by atoms with E-state index >= 15 is 0 Å². The third-order valence-corrected chi connectivity index (χ3v) is 5.08. The van der Waals surface area contributed by atoms with Gasteiger partial charge < -0.3 is 15.0 Å². The van der Waals surface area contributed by atoms with Gasteiger partial charge in [-0.25, -0.2) is 9.18 Å². The number of amides is 1. The molecule has 1 heterocycles. The first kappa shape index (κ1) is 17.5. The number of hydrogen-bond donors (Lipinski definition) is 2. The van der Waals surface area contributed by atoms with Crippen LogP contribution in [-0.4, -0.2) is 29.5 Å². The van der Waals surface area contributed by atoms with E-state index in [0.717, 1.165) is 36.0 Å². The lowest BCUT2D eigenvalue weighted by Gasteiger charge is -2.35. The molecule has 2 aromatic rings. The van der Waals surface area contributed by atoms with Crippen LogP contribution in [0.25, 0.3) is 10.9 Å². The maximum atomic E-state index is 13.6. The van der Waals surface area contributed by atoms with Crippen molar-refractivity contribution >= 4 is 22.8 Å². The van der Waals surface area contributed by atoms with E-state index in [1.54, 1.807) is 6.07 Å². The molecule has 1 saturated carbocycles. The first-order valence-corrected chi connectivity index (χ1v) is 8.61. The lowest BCUT2D eigenvalue weighted by molar-refractivity contribution is -0.152. The zero-order valence-electron chi connectivity index (χ0n) is 14.6. The van der Waals surface area contributed by atoms with Gasteiger partial charge in [-0.15, -0.1) is 0 Å². The van der Waals surface area contributed by atoms with Crippen LogP contribution in [0.1, 0.15) is 43.4 Å². The number of H-pyrrole nitrogens is 1. The van der Waals surface area contributed by atoms with Crippen LogP contribution < -0.4 is 5.32 Å². The Morgan fingerprint density at radius 3 is 2.68 bits per heavy atom. The summed E-state index contributed by atoms with van der Waals surface area (Å²) in [5, 5.41) is 3.60. The van der Waals surface area contributed by atoms with Gasteiger partial charge >= 0.3 is 5.97 Å². The maximum absolute atomic E-state index is 13.6. The van der Waals surface area contributed by atoms with Gasteiger partial charge in [-0.2, -0.15) is 0 Å². The van der Waals surface area contributed by atoms with Crippen molar-refractivity contribution < 1.29 is 18.7 Å². The molecule has 0 bridgehead atoms. The van der Waals surface area contributed by atoms with Gasteiger partial charge in [0.2, 0.25) is 5.91 Å². The zero-order chi connectivity index (χ0) is 18.0. The molecule has 1 fully saturated rings. The minimum atomic E-state index is -0.935. The highest BCUT2D eigenvalue weighted by Gasteiger charge is 2.41. The Labute approximate surface area is 145 Å². The average Bonchev–Trinajstić information content (AvgIpc) is 2.90. The summed E-state index contributed by atoms with van der Waals surface area (Å²) >= 11 is 0. The summed E-state index contributed by atoms with van der Waals surface area (Å²) in [6.07, 6.45) is 4.09. The molecule has 6 heteroatoms. The Kier molecular flexibility index (Phi) is 4.79. The van der Waals surface area contributed by atoms with Crippen molar-refractivity contribution in [2.45, 2.75) is 51.0 Å². The lowest BCUT2D eigenvalue weighted by Crippen LogP contribution is -2.56. The molecule has 1 aliphatic rings. The third-order valence-electron chi connectivity index (χ3n) is 5.08. The fraction of sp³-hybridized carbons (Fsp3) is 0.474. The summed E-state index contributed by atoms with van der Waals surface area (Å²) in [6.45, 7) is 1.86. The number of ether oxygens (including phenoxy) is 1. The number of carbonyl (C=O) groups is 2. The van der Waals surface area contributed by atoms with Crippen molar-refractivity contribution in [2.24, 2.45) is 0 Å². The number of benzene rings is 1. The van der Waals surface area contributed by atoms with Crippen molar-refractivity contribution in [3.05, 3.63) is 35.3 Å². The maximum Gasteiger partial charge on any atom is 0.331 e. The number of nitrogens with one attached hydrogen (secondary N) is 2. The fourth-order valence-electron chi connectivity index (χ4n) is 3.78. The van der Waals surface area contributed by atoms with Crippen LogP contribution in [0.2, 0.25) is 0 Å². The molecule has 0 radical (unpaired) electrons. The predicted molar refractivity (Wildman–Crippen MR) is 92.7 cm³/mol. The highest BCUT2D eigenvalue weighted by molar-refractivity contribution is 5.93. The van der Waals surface area contributed by atoms with E-state index in [-0.39, 0.29) is 24.1 Å². The number of aromatic nitrogens is 1. The molecule has 0 unspecified atom stereocenters. The molecule has 3 rings (SSSR count). The van der Waals surface area contributed by atoms with Gasteiger partial charge in [0, 0.05) is 16.6 Å². The van der Waals surface area contributed by atoms with Gasteiger partial charge in [0.1, 0.15) is 11.4 Å². The van der Waals surface area contributed by atoms with Crippen molar-refractivity contribution in [3.8, 4) is 0 Å². The lowest BCUT2D eigenvalue weighted by atomic mass is 9.81. The first-order chi connectivity index (χ1) is 11.9. The minimum Gasteiger partial charge on any atom is -0.467 e. The Balaban J connectivity index is 1.83. The highest BCUT2D eigenvalue weighted by Crippen LogP contribution is 2.30. The van der Waals surface area contributed by atoms with Crippen molar-refractivity contribution in [1.29, 1.82) is 0 Å². The van der Waals surface area contributed by atoms with Gasteiger partial charge in [0.05, 0.1) is 13.5 Å². The highest BCUT2D eigenvalue weighted by atomic mass is 19.1. The average molecular weight is 346 g/mol. The smallest absolute Gasteiger partial charge is 0.331 e. The standard InChI is InChI=1S/C19H23FN2O3/c1-12-14(15-10-13(20)6-7-16(15)21-12)11-17(23)22-19(18(24)25-2)8-4-3-5-9-19/h6-7,10,21H,3-5,8-9,11H2,1-2H3,(H,22,23). The van der Waals surface area contributed by atoms with Gasteiger partial charge in [0.25, 0.3) is 0 Å². The molecule has 1 aromatic carbocycles. The van der Waals surface area contributed by atoms with E-state index in [2.05, 4.69) is 10.3 Å². The van der Waals surface area contributed by atoms with Crippen LogP contribution in [0.4, 0.5) is 4.39 Å². The van der Waals surface area contributed by atoms with E-state index in [1.165, 1.54) is 19.2 Å². The second-order valence-corrected chi connectivity index (χ2v) is 6.78. The number of esters is 1. The van der Waals surface area contributed by atoms with Gasteiger partial charge in [0.15, 0.2) is 0 Å². The molecule has 5 nitrogen and oxygen atoms in total. The second-order valence-electron chi connectivity index (χ2n) is 6.78. The molecule has 2 N–H and O–H groups in total. The predicted octanol–water partition coefficient (Wildman–Crippen LogP) is 3.15. The molecule has 0 aliphatic heterocycles. The van der Waals surface area contributed by atoms with Crippen LogP contribution in [0.3, 0.4) is 0 Å². The molecule has 0 spiro atoms. The SMILES string of the molecule is COC(=O)C1(NC(=O)Cc2c(C)[nH]c3ccc(F)cc23)CCCCC1. The Bertz CT molecular complexity index is 806. The number of halogens is 1. The fourth-order valence-corrected chi connectivity index (χ4v) is 3.78. The van der Waals surface area contributed by atoms with Crippen LogP contribution in [-0.2, 0) is 20.7 Å². The minimum absolute atomic E-state index is 0.0913. The van der Waals surface area contributed by atoms with Crippen LogP contribution in [0.5, 0.6) is 0 Å². The Hall–Kier alpha value is -2.37. The molecule has 0 saturated heterocycles. The van der Waals surface area contributed by atoms with E-state index < -0.39 is 5.54 Å². The summed E-state index contributed by atoms with van der Waals surface area (Å²) in [4.78, 5) is 28.1. The number of carbonyl (C=O) groups excluding carboxylic acids is 2. The number of hydrogen-bond acceptors (Lipinski definition) is 3. The van der Waals surface area contributed by atoms with Gasteiger partial charge in [-0.1, -0.05) is 19.3 Å². The Morgan fingerprint density at radius 2 is 2.00 bits per heavy atom. The number of rotatable bonds is 4. The molecule has 25 heavy (non-hydrogen) atoms. The third kappa shape index (κ3) is 3.38. The largest absolute Gasteiger partial charge is 0.467 e. The number of aromatic amines is 1. The molecule has 1 aromatic heterocycles.